The number of nitrogens with zero attached hydrogens (tertiary/aromatic N) is 5. The van der Waals surface area contributed by atoms with Crippen LogP contribution in [0.3, 0.4) is 0 Å². The molecule has 43 heavy (non-hydrogen) atoms. The number of aliphatic hydroxyl groups excluding tert-OH is 1. The Morgan fingerprint density at radius 3 is 2.58 bits per heavy atom. The van der Waals surface area contributed by atoms with Crippen molar-refractivity contribution in [3.05, 3.63) is 70.1 Å². The summed E-state index contributed by atoms with van der Waals surface area (Å²) >= 11 is 0. The highest BCUT2D eigenvalue weighted by molar-refractivity contribution is 6.01. The molecule has 0 aliphatic carbocycles. The van der Waals surface area contributed by atoms with Crippen LogP contribution >= 0.6 is 0 Å². The number of esters is 1. The summed E-state index contributed by atoms with van der Waals surface area (Å²) in [6.07, 6.45) is -0.694. The molecule has 0 bridgehead atoms. The van der Waals surface area contributed by atoms with Crippen molar-refractivity contribution in [3.8, 4) is 5.75 Å². The minimum atomic E-state index is -1.62. The lowest BCUT2D eigenvalue weighted by molar-refractivity contribution is -0.155. The first-order valence-corrected chi connectivity index (χ1v) is 14.3. The van der Waals surface area contributed by atoms with Crippen LogP contribution in [0.1, 0.15) is 57.3 Å². The minimum Gasteiger partial charge on any atom is -0.494 e. The second kappa shape index (κ2) is 14.3. The molecule has 2 heterocycles. The number of rotatable bonds is 12. The second-order valence-corrected chi connectivity index (χ2v) is 11.2. The molecule has 2 aromatic carbocycles. The van der Waals surface area contributed by atoms with Gasteiger partial charge in [0.2, 0.25) is 5.90 Å². The molecule has 2 aliphatic rings. The topological polar surface area (TPSA) is 168 Å². The van der Waals surface area contributed by atoms with Gasteiger partial charge in [0.25, 0.3) is 5.91 Å². The molecule has 2 N–H and O–H groups in total. The van der Waals surface area contributed by atoms with E-state index in [2.05, 4.69) is 15.5 Å². The lowest BCUT2D eigenvalue weighted by Gasteiger charge is -2.35. The van der Waals surface area contributed by atoms with Gasteiger partial charge in [-0.25, -0.2) is 10.0 Å². The number of hydrazine groups is 1. The van der Waals surface area contributed by atoms with Crippen LogP contribution in [0.4, 0.5) is 5.69 Å². The van der Waals surface area contributed by atoms with Crippen molar-refractivity contribution in [1.29, 1.82) is 0 Å². The number of nitrogens with one attached hydrogen (secondary N) is 1. The number of hydrogen-bond donors (Lipinski definition) is 2. The number of carbonyl (C=O) groups excluding carboxylic acids is 2. The Balaban J connectivity index is 1.77. The van der Waals surface area contributed by atoms with Gasteiger partial charge in [0.1, 0.15) is 11.4 Å². The summed E-state index contributed by atoms with van der Waals surface area (Å²) in [4.78, 5) is 35.1. The van der Waals surface area contributed by atoms with E-state index in [9.17, 15) is 15.1 Å². The van der Waals surface area contributed by atoms with E-state index in [4.69, 9.17) is 29.0 Å². The van der Waals surface area contributed by atoms with E-state index in [0.29, 0.717) is 56.2 Å². The Bertz CT molecular complexity index is 1350. The van der Waals surface area contributed by atoms with Crippen LogP contribution in [0.2, 0.25) is 0 Å². The first kappa shape index (κ1) is 31.8. The number of amides is 1. The minimum absolute atomic E-state index is 0.0271. The van der Waals surface area contributed by atoms with Crippen molar-refractivity contribution < 1.29 is 33.6 Å². The van der Waals surface area contributed by atoms with E-state index in [1.165, 1.54) is 0 Å². The molecule has 0 radical (unpaired) electrons. The van der Waals surface area contributed by atoms with Crippen molar-refractivity contribution in [2.75, 3.05) is 39.5 Å². The van der Waals surface area contributed by atoms with Crippen LogP contribution in [-0.2, 0) is 23.8 Å². The van der Waals surface area contributed by atoms with Crippen LogP contribution in [0.25, 0.3) is 10.4 Å². The number of aliphatic hydroxyl groups is 1. The van der Waals surface area contributed by atoms with Gasteiger partial charge in [0.15, 0.2) is 11.6 Å². The predicted molar refractivity (Wildman–Crippen MR) is 158 cm³/mol. The summed E-state index contributed by atoms with van der Waals surface area (Å²) in [6.45, 7) is 7.56. The van der Waals surface area contributed by atoms with Gasteiger partial charge in [-0.1, -0.05) is 29.4 Å². The maximum absolute atomic E-state index is 14.3. The second-order valence-electron chi connectivity index (χ2n) is 11.2. The lowest BCUT2D eigenvalue weighted by Crippen LogP contribution is -2.56. The van der Waals surface area contributed by atoms with E-state index in [-0.39, 0.29) is 31.0 Å². The number of aliphatic imine (C=N–C) groups is 1. The standard InChI is InChI=1S/C30H38N6O7/c1-29(2,3)43-25(38)13-14-30(28(39)34-36-15-19-40-20-16-36)26(23-7-4-5-8-24(23)33-35-31)42-27(32-30)21-9-11-22(12-10-21)41-18-6-17-37/h4-5,7-12,26,37H,6,13-20H2,1-3H3,(H,34,39)/t26-,30-/m0/s1. The molecule has 13 nitrogen and oxygen atoms in total. The molecule has 4 rings (SSSR count). The average molecular weight is 595 g/mol. The van der Waals surface area contributed by atoms with E-state index < -0.39 is 29.1 Å². The van der Waals surface area contributed by atoms with Gasteiger partial charge < -0.3 is 24.1 Å². The molecular formula is C30H38N6O7. The zero-order valence-corrected chi connectivity index (χ0v) is 24.7. The highest BCUT2D eigenvalue weighted by atomic mass is 16.6. The maximum Gasteiger partial charge on any atom is 0.306 e. The highest BCUT2D eigenvalue weighted by Gasteiger charge is 2.54. The Labute approximate surface area is 250 Å². The number of morpholine rings is 1. The summed E-state index contributed by atoms with van der Waals surface area (Å²) in [5, 5.41) is 14.6. The number of carbonyl (C=O) groups is 2. The molecule has 13 heteroatoms. The monoisotopic (exact) mass is 594 g/mol. The smallest absolute Gasteiger partial charge is 0.306 e. The Morgan fingerprint density at radius 1 is 1.19 bits per heavy atom. The van der Waals surface area contributed by atoms with Crippen molar-refractivity contribution >= 4 is 23.5 Å². The van der Waals surface area contributed by atoms with Crippen LogP contribution in [-0.4, -0.2) is 78.5 Å². The fourth-order valence-electron chi connectivity index (χ4n) is 4.80. The first-order chi connectivity index (χ1) is 20.6. The van der Waals surface area contributed by atoms with Crippen LogP contribution < -0.4 is 10.2 Å². The van der Waals surface area contributed by atoms with Gasteiger partial charge in [0.05, 0.1) is 19.8 Å². The average Bonchev–Trinajstić information content (AvgIpc) is 3.37. The van der Waals surface area contributed by atoms with Gasteiger partial charge >= 0.3 is 5.97 Å². The predicted octanol–water partition coefficient (Wildman–Crippen LogP) is 4.13. The maximum atomic E-state index is 14.3. The van der Waals surface area contributed by atoms with Crippen LogP contribution in [0.15, 0.2) is 58.6 Å². The van der Waals surface area contributed by atoms with Gasteiger partial charge in [-0.05, 0) is 57.0 Å². The molecule has 0 aromatic heterocycles. The van der Waals surface area contributed by atoms with E-state index in [0.717, 1.165) is 0 Å². The van der Waals surface area contributed by atoms with Crippen LogP contribution in [0.5, 0.6) is 5.75 Å². The van der Waals surface area contributed by atoms with Crippen LogP contribution in [0, 0.1) is 0 Å². The molecule has 0 spiro atoms. The number of benzene rings is 2. The van der Waals surface area contributed by atoms with Gasteiger partial charge in [-0.15, -0.1) is 0 Å². The molecule has 1 amide bonds. The van der Waals surface area contributed by atoms with Gasteiger partial charge in [-0.2, -0.15) is 0 Å². The molecule has 2 atom stereocenters. The highest BCUT2D eigenvalue weighted by Crippen LogP contribution is 2.46. The molecule has 0 unspecified atom stereocenters. The zero-order valence-electron chi connectivity index (χ0n) is 24.7. The first-order valence-electron chi connectivity index (χ1n) is 14.3. The zero-order chi connectivity index (χ0) is 30.9. The third-order valence-electron chi connectivity index (χ3n) is 6.80. The molecule has 2 aromatic rings. The third-order valence-corrected chi connectivity index (χ3v) is 6.80. The largest absolute Gasteiger partial charge is 0.494 e. The summed E-state index contributed by atoms with van der Waals surface area (Å²) in [5.74, 6) is -0.176. The summed E-state index contributed by atoms with van der Waals surface area (Å²) < 4.78 is 23.1. The van der Waals surface area contributed by atoms with Gasteiger partial charge in [-0.3, -0.25) is 15.0 Å². The normalized spacial score (nSPS) is 20.4. The van der Waals surface area contributed by atoms with Gasteiger partial charge in [0, 0.05) is 54.3 Å². The van der Waals surface area contributed by atoms with E-state index in [1.807, 2.05) is 0 Å². The molecular weight excluding hydrogens is 556 g/mol. The molecule has 2 aliphatic heterocycles. The third kappa shape index (κ3) is 8.23. The quantitative estimate of drug-likeness (QED) is 0.122. The van der Waals surface area contributed by atoms with Crippen molar-refractivity contribution in [1.82, 2.24) is 10.4 Å². The molecule has 0 saturated carbocycles. The van der Waals surface area contributed by atoms with E-state index in [1.54, 1.807) is 74.3 Å². The number of hydrogen-bond acceptors (Lipinski definition) is 10. The fourth-order valence-corrected chi connectivity index (χ4v) is 4.80. The Hall–Kier alpha value is -4.16. The fraction of sp³-hybridized carbons (Fsp3) is 0.500. The van der Waals surface area contributed by atoms with E-state index >= 15 is 0 Å². The molecule has 230 valence electrons. The number of ether oxygens (including phenoxy) is 4. The Morgan fingerprint density at radius 2 is 1.91 bits per heavy atom. The summed E-state index contributed by atoms with van der Waals surface area (Å²) in [6, 6.07) is 13.8. The summed E-state index contributed by atoms with van der Waals surface area (Å²) in [5.41, 5.74) is 11.2. The molecule has 1 fully saturated rings. The lowest BCUT2D eigenvalue weighted by atomic mass is 9.83. The summed E-state index contributed by atoms with van der Waals surface area (Å²) in [7, 11) is 0. The Kier molecular flexibility index (Phi) is 10.6. The van der Waals surface area contributed by atoms with Crippen molar-refractivity contribution in [3.63, 3.8) is 0 Å². The SMILES string of the molecule is CC(C)(C)OC(=O)CC[C@]1(C(=O)NN2CCOCC2)N=C(c2ccc(OCCCO)cc2)O[C@H]1c1ccccc1N=[N+]=[N-]. The van der Waals surface area contributed by atoms with Crippen molar-refractivity contribution in [2.24, 2.45) is 10.1 Å². The molecule has 1 saturated heterocycles. The van der Waals surface area contributed by atoms with Crippen molar-refractivity contribution in [2.45, 2.75) is 57.3 Å². The number of azide groups is 1.